The van der Waals surface area contributed by atoms with Crippen LogP contribution in [0.4, 0.5) is 17.2 Å². The molecule has 0 spiro atoms. The molecule has 1 N–H and O–H groups in total. The van der Waals surface area contributed by atoms with Crippen LogP contribution in [0.25, 0.3) is 16.9 Å². The average molecular weight is 519 g/mol. The van der Waals surface area contributed by atoms with Crippen molar-refractivity contribution in [1.29, 1.82) is 0 Å². The van der Waals surface area contributed by atoms with Crippen molar-refractivity contribution in [3.8, 4) is 11.3 Å². The number of rotatable bonds is 4. The first-order chi connectivity index (χ1) is 15.1. The van der Waals surface area contributed by atoms with Gasteiger partial charge in [0.2, 0.25) is 0 Å². The van der Waals surface area contributed by atoms with Gasteiger partial charge in [-0.15, -0.1) is 0 Å². The number of anilines is 3. The molecule has 6 nitrogen and oxygen atoms in total. The maximum atomic E-state index is 6.46. The number of nitrogens with one attached hydrogen (secondary N) is 1. The van der Waals surface area contributed by atoms with Gasteiger partial charge in [0.25, 0.3) is 0 Å². The summed E-state index contributed by atoms with van der Waals surface area (Å²) in [6, 6.07) is 15.8. The summed E-state index contributed by atoms with van der Waals surface area (Å²) in [5, 5.41) is 8.86. The lowest BCUT2D eigenvalue weighted by Crippen LogP contribution is -2.36. The first-order valence-corrected chi connectivity index (χ1v) is 11.3. The van der Waals surface area contributed by atoms with Crippen LogP contribution < -0.4 is 10.2 Å². The summed E-state index contributed by atoms with van der Waals surface area (Å²) < 4.78 is 7.98. The molecule has 1 fully saturated rings. The van der Waals surface area contributed by atoms with E-state index in [0.29, 0.717) is 21.4 Å². The molecule has 1 saturated heterocycles. The molecule has 158 valence electrons. The van der Waals surface area contributed by atoms with E-state index in [9.17, 15) is 0 Å². The van der Waals surface area contributed by atoms with Gasteiger partial charge >= 0.3 is 0 Å². The minimum atomic E-state index is 0.470. The maximum absolute atomic E-state index is 6.46. The summed E-state index contributed by atoms with van der Waals surface area (Å²) in [4.78, 5) is 7.06. The molecule has 5 rings (SSSR count). The molecule has 31 heavy (non-hydrogen) atoms. The summed E-state index contributed by atoms with van der Waals surface area (Å²) in [6.45, 7) is 3.33. The quantitative estimate of drug-likeness (QED) is 0.356. The molecule has 0 unspecified atom stereocenters. The molecule has 3 heterocycles. The third kappa shape index (κ3) is 4.11. The lowest BCUT2D eigenvalue weighted by Gasteiger charge is -2.29. The van der Waals surface area contributed by atoms with Crippen molar-refractivity contribution in [1.82, 2.24) is 14.6 Å². The molecular formula is C22H18BrCl2N5O. The fourth-order valence-corrected chi connectivity index (χ4v) is 4.34. The molecule has 0 radical (unpaired) electrons. The van der Waals surface area contributed by atoms with Gasteiger partial charge in [-0.05, 0) is 46.3 Å². The van der Waals surface area contributed by atoms with Gasteiger partial charge < -0.3 is 15.0 Å². The molecule has 2 aromatic carbocycles. The van der Waals surface area contributed by atoms with E-state index in [1.807, 2.05) is 18.2 Å². The smallest absolute Gasteiger partial charge is 0.172 e. The third-order valence-electron chi connectivity index (χ3n) is 5.17. The zero-order valence-corrected chi connectivity index (χ0v) is 19.5. The largest absolute Gasteiger partial charge is 0.378 e. The van der Waals surface area contributed by atoms with Crippen LogP contribution in [-0.2, 0) is 4.74 Å². The SMILES string of the molecule is Clc1cccc(-c2cc(Nc3ccc(N4CCOCC4)cc3)n3ncc(Br)c3n2)c1Cl. The van der Waals surface area contributed by atoms with Crippen molar-refractivity contribution >= 4 is 62.0 Å². The number of ether oxygens (including phenoxy) is 1. The van der Waals surface area contributed by atoms with Gasteiger partial charge in [-0.2, -0.15) is 9.61 Å². The van der Waals surface area contributed by atoms with Crippen molar-refractivity contribution in [3.63, 3.8) is 0 Å². The Morgan fingerprint density at radius 3 is 2.58 bits per heavy atom. The predicted octanol–water partition coefficient (Wildman–Crippen LogP) is 6.05. The van der Waals surface area contributed by atoms with E-state index < -0.39 is 0 Å². The van der Waals surface area contributed by atoms with Crippen molar-refractivity contribution in [3.05, 3.63) is 69.2 Å². The van der Waals surface area contributed by atoms with Crippen LogP contribution in [0, 0.1) is 0 Å². The molecule has 2 aromatic heterocycles. The molecule has 0 amide bonds. The number of aromatic nitrogens is 3. The van der Waals surface area contributed by atoms with E-state index in [4.69, 9.17) is 32.9 Å². The summed E-state index contributed by atoms with van der Waals surface area (Å²) in [6.07, 6.45) is 1.72. The Morgan fingerprint density at radius 1 is 1.03 bits per heavy atom. The second kappa shape index (κ2) is 8.67. The number of hydrogen-bond acceptors (Lipinski definition) is 5. The molecule has 9 heteroatoms. The number of fused-ring (bicyclic) bond motifs is 1. The Bertz CT molecular complexity index is 1240. The van der Waals surface area contributed by atoms with E-state index in [1.165, 1.54) is 5.69 Å². The predicted molar refractivity (Wildman–Crippen MR) is 129 cm³/mol. The van der Waals surface area contributed by atoms with Crippen molar-refractivity contribution in [2.24, 2.45) is 0 Å². The van der Waals surface area contributed by atoms with Crippen LogP contribution in [0.15, 0.2) is 59.2 Å². The second-order valence-corrected chi connectivity index (χ2v) is 8.77. The molecule has 1 aliphatic heterocycles. The van der Waals surface area contributed by atoms with Crippen LogP contribution in [-0.4, -0.2) is 40.9 Å². The fraction of sp³-hybridized carbons (Fsp3) is 0.182. The Balaban J connectivity index is 1.51. The maximum Gasteiger partial charge on any atom is 0.172 e. The number of hydrogen-bond donors (Lipinski definition) is 1. The summed E-state index contributed by atoms with van der Waals surface area (Å²) in [7, 11) is 0. The van der Waals surface area contributed by atoms with Gasteiger partial charge in [0.15, 0.2) is 5.65 Å². The fourth-order valence-electron chi connectivity index (χ4n) is 3.59. The third-order valence-corrected chi connectivity index (χ3v) is 6.55. The van der Waals surface area contributed by atoms with Crippen LogP contribution in [0.3, 0.4) is 0 Å². The Labute approximate surface area is 197 Å². The zero-order chi connectivity index (χ0) is 21.4. The number of morpholine rings is 1. The van der Waals surface area contributed by atoms with Crippen LogP contribution in [0.2, 0.25) is 10.0 Å². The molecular weight excluding hydrogens is 501 g/mol. The van der Waals surface area contributed by atoms with E-state index in [1.54, 1.807) is 16.8 Å². The molecule has 0 aliphatic carbocycles. The lowest BCUT2D eigenvalue weighted by atomic mass is 10.1. The Hall–Kier alpha value is -2.32. The number of nitrogens with zero attached hydrogens (tertiary/aromatic N) is 4. The highest BCUT2D eigenvalue weighted by Crippen LogP contribution is 2.35. The van der Waals surface area contributed by atoms with Crippen LogP contribution >= 0.6 is 39.1 Å². The lowest BCUT2D eigenvalue weighted by molar-refractivity contribution is 0.122. The number of halogens is 3. The normalized spacial score (nSPS) is 14.2. The minimum Gasteiger partial charge on any atom is -0.378 e. The van der Waals surface area contributed by atoms with Crippen LogP contribution in [0.1, 0.15) is 0 Å². The Morgan fingerprint density at radius 2 is 1.81 bits per heavy atom. The van der Waals surface area contributed by atoms with Crippen LogP contribution in [0.5, 0.6) is 0 Å². The molecule has 4 aromatic rings. The molecule has 0 bridgehead atoms. The summed E-state index contributed by atoms with van der Waals surface area (Å²) >= 11 is 16.2. The van der Waals surface area contributed by atoms with Gasteiger partial charge in [-0.1, -0.05) is 35.3 Å². The summed E-state index contributed by atoms with van der Waals surface area (Å²) in [5.74, 6) is 0.765. The van der Waals surface area contributed by atoms with Gasteiger partial charge in [-0.25, -0.2) is 4.98 Å². The van der Waals surface area contributed by atoms with Crippen molar-refractivity contribution in [2.75, 3.05) is 36.5 Å². The monoisotopic (exact) mass is 517 g/mol. The first-order valence-electron chi connectivity index (χ1n) is 9.78. The van der Waals surface area contributed by atoms with E-state index >= 15 is 0 Å². The van der Waals surface area contributed by atoms with Gasteiger partial charge in [-0.3, -0.25) is 0 Å². The van der Waals surface area contributed by atoms with Gasteiger partial charge in [0, 0.05) is 36.1 Å². The topological polar surface area (TPSA) is 54.7 Å². The van der Waals surface area contributed by atoms with E-state index in [0.717, 1.165) is 47.8 Å². The van der Waals surface area contributed by atoms with Gasteiger partial charge in [0.1, 0.15) is 5.82 Å². The van der Waals surface area contributed by atoms with Crippen molar-refractivity contribution in [2.45, 2.75) is 0 Å². The average Bonchev–Trinajstić information content (AvgIpc) is 3.18. The second-order valence-electron chi connectivity index (χ2n) is 7.13. The highest BCUT2D eigenvalue weighted by molar-refractivity contribution is 9.10. The molecule has 0 saturated carbocycles. The highest BCUT2D eigenvalue weighted by atomic mass is 79.9. The zero-order valence-electron chi connectivity index (χ0n) is 16.4. The van der Waals surface area contributed by atoms with Crippen molar-refractivity contribution < 1.29 is 4.74 Å². The number of benzene rings is 2. The Kier molecular flexibility index (Phi) is 5.75. The highest BCUT2D eigenvalue weighted by Gasteiger charge is 2.15. The first kappa shape index (κ1) is 20.6. The van der Waals surface area contributed by atoms with Gasteiger partial charge in [0.05, 0.1) is 39.6 Å². The molecule has 0 atom stereocenters. The molecule has 1 aliphatic rings. The minimum absolute atomic E-state index is 0.470. The van der Waals surface area contributed by atoms with E-state index in [2.05, 4.69) is 55.5 Å². The standard InChI is InChI=1S/C22H18BrCl2N5O/c23-17-13-26-30-20(12-19(28-22(17)30)16-2-1-3-18(24)21(16)25)27-14-4-6-15(7-5-14)29-8-10-31-11-9-29/h1-7,12-13,27H,8-11H2. The summed E-state index contributed by atoms with van der Waals surface area (Å²) in [5.41, 5.74) is 4.27. The van der Waals surface area contributed by atoms with E-state index in [-0.39, 0.29) is 0 Å².